The summed E-state index contributed by atoms with van der Waals surface area (Å²) in [4.78, 5) is 4.64. The Bertz CT molecular complexity index is 552. The van der Waals surface area contributed by atoms with E-state index in [0.29, 0.717) is 6.61 Å². The Labute approximate surface area is 115 Å². The lowest BCUT2D eigenvalue weighted by Gasteiger charge is -2.12. The van der Waals surface area contributed by atoms with E-state index >= 15 is 0 Å². The molecule has 0 saturated heterocycles. The zero-order valence-corrected chi connectivity index (χ0v) is 12.0. The Morgan fingerprint density at radius 1 is 1.21 bits per heavy atom. The molecule has 1 N–H and O–H groups in total. The maximum Gasteiger partial charge on any atom is 0.0885 e. The van der Waals surface area contributed by atoms with Gasteiger partial charge in [0, 0.05) is 24.7 Å². The fourth-order valence-corrected chi connectivity index (χ4v) is 2.18. The summed E-state index contributed by atoms with van der Waals surface area (Å²) in [6.45, 7) is 5.87. The molecular formula is C16H22N2O. The largest absolute Gasteiger partial charge is 0.384 e. The predicted molar refractivity (Wildman–Crippen MR) is 80.6 cm³/mol. The Morgan fingerprint density at radius 2 is 2.05 bits per heavy atom. The van der Waals surface area contributed by atoms with Crippen LogP contribution in [0.3, 0.4) is 0 Å². The molecule has 3 nitrogen and oxygen atoms in total. The monoisotopic (exact) mass is 258 g/mol. The van der Waals surface area contributed by atoms with E-state index in [1.807, 2.05) is 0 Å². The summed E-state index contributed by atoms with van der Waals surface area (Å²) in [6.07, 6.45) is 2.15. The molecule has 102 valence electrons. The van der Waals surface area contributed by atoms with Gasteiger partial charge in [-0.05, 0) is 36.6 Å². The number of ether oxygens (including phenoxy) is 1. The molecule has 19 heavy (non-hydrogen) atoms. The van der Waals surface area contributed by atoms with E-state index in [1.54, 1.807) is 7.11 Å². The first kappa shape index (κ1) is 13.8. The van der Waals surface area contributed by atoms with Crippen molar-refractivity contribution in [1.82, 2.24) is 4.98 Å². The van der Waals surface area contributed by atoms with Gasteiger partial charge in [0.05, 0.1) is 17.8 Å². The molecule has 2 aromatic rings. The predicted octanol–water partition coefficient (Wildman–Crippen LogP) is 3.77. The minimum Gasteiger partial charge on any atom is -0.384 e. The maximum atomic E-state index is 5.19. The van der Waals surface area contributed by atoms with E-state index in [9.17, 15) is 0 Å². The lowest BCUT2D eigenvalue weighted by atomic mass is 10.1. The molecule has 3 heteroatoms. The van der Waals surface area contributed by atoms with Crippen molar-refractivity contribution in [2.45, 2.75) is 33.3 Å². The SMILES string of the molecule is CCCNc1cc(COC)nc2ccc(CC)cc12. The molecule has 2 rings (SSSR count). The highest BCUT2D eigenvalue weighted by Gasteiger charge is 2.06. The van der Waals surface area contributed by atoms with E-state index in [4.69, 9.17) is 4.74 Å². The van der Waals surface area contributed by atoms with E-state index in [1.165, 1.54) is 10.9 Å². The van der Waals surface area contributed by atoms with Crippen LogP contribution in [0.4, 0.5) is 5.69 Å². The van der Waals surface area contributed by atoms with Crippen molar-refractivity contribution in [2.75, 3.05) is 19.0 Å². The molecule has 0 bridgehead atoms. The molecule has 0 aliphatic carbocycles. The summed E-state index contributed by atoms with van der Waals surface area (Å²) in [5, 5.41) is 4.69. The number of aryl methyl sites for hydroxylation is 1. The third-order valence-electron chi connectivity index (χ3n) is 3.19. The minimum absolute atomic E-state index is 0.548. The summed E-state index contributed by atoms with van der Waals surface area (Å²) < 4.78 is 5.19. The molecule has 1 aromatic heterocycles. The van der Waals surface area contributed by atoms with Crippen molar-refractivity contribution < 1.29 is 4.74 Å². The van der Waals surface area contributed by atoms with Gasteiger partial charge in [-0.1, -0.05) is 19.9 Å². The summed E-state index contributed by atoms with van der Waals surface area (Å²) in [5.74, 6) is 0. The van der Waals surface area contributed by atoms with Crippen LogP contribution < -0.4 is 5.32 Å². The van der Waals surface area contributed by atoms with Crippen molar-refractivity contribution in [3.8, 4) is 0 Å². The van der Waals surface area contributed by atoms with Crippen LogP contribution in [-0.4, -0.2) is 18.6 Å². The summed E-state index contributed by atoms with van der Waals surface area (Å²) in [7, 11) is 1.70. The second-order valence-corrected chi connectivity index (χ2v) is 4.73. The standard InChI is InChI=1S/C16H22N2O/c1-4-8-17-16-10-13(11-19-3)18-15-7-6-12(5-2)9-14(15)16/h6-7,9-10H,4-5,8,11H2,1-3H3,(H,17,18). The molecule has 0 saturated carbocycles. The smallest absolute Gasteiger partial charge is 0.0885 e. The van der Waals surface area contributed by atoms with Gasteiger partial charge in [0.15, 0.2) is 0 Å². The van der Waals surface area contributed by atoms with Crippen molar-refractivity contribution in [1.29, 1.82) is 0 Å². The number of aromatic nitrogens is 1. The molecule has 0 fully saturated rings. The molecule has 0 aliphatic heterocycles. The summed E-state index contributed by atoms with van der Waals surface area (Å²) in [5.41, 5.74) is 4.51. The number of benzene rings is 1. The number of fused-ring (bicyclic) bond motifs is 1. The van der Waals surface area contributed by atoms with Gasteiger partial charge >= 0.3 is 0 Å². The van der Waals surface area contributed by atoms with Gasteiger partial charge in [0.2, 0.25) is 0 Å². The minimum atomic E-state index is 0.548. The van der Waals surface area contributed by atoms with Gasteiger partial charge in [-0.3, -0.25) is 4.98 Å². The zero-order chi connectivity index (χ0) is 13.7. The highest BCUT2D eigenvalue weighted by atomic mass is 16.5. The third kappa shape index (κ3) is 3.24. The first-order chi connectivity index (χ1) is 9.28. The number of nitrogens with one attached hydrogen (secondary N) is 1. The van der Waals surface area contributed by atoms with Crippen LogP contribution in [-0.2, 0) is 17.8 Å². The van der Waals surface area contributed by atoms with Crippen molar-refractivity contribution >= 4 is 16.6 Å². The maximum absolute atomic E-state index is 5.19. The van der Waals surface area contributed by atoms with E-state index in [0.717, 1.165) is 36.3 Å². The van der Waals surface area contributed by atoms with Crippen LogP contribution in [0, 0.1) is 0 Å². The molecule has 0 radical (unpaired) electrons. The van der Waals surface area contributed by atoms with E-state index in [2.05, 4.69) is 48.4 Å². The molecule has 0 amide bonds. The first-order valence-corrected chi connectivity index (χ1v) is 6.93. The van der Waals surface area contributed by atoms with Crippen LogP contribution in [0.25, 0.3) is 10.9 Å². The lowest BCUT2D eigenvalue weighted by Crippen LogP contribution is -2.03. The fraction of sp³-hybridized carbons (Fsp3) is 0.438. The Kier molecular flexibility index (Phi) is 4.74. The second-order valence-electron chi connectivity index (χ2n) is 4.73. The Hall–Kier alpha value is -1.61. The van der Waals surface area contributed by atoms with Crippen LogP contribution in [0.1, 0.15) is 31.5 Å². The van der Waals surface area contributed by atoms with Crippen LogP contribution in [0.5, 0.6) is 0 Å². The van der Waals surface area contributed by atoms with Crippen molar-refractivity contribution in [2.24, 2.45) is 0 Å². The van der Waals surface area contributed by atoms with E-state index in [-0.39, 0.29) is 0 Å². The van der Waals surface area contributed by atoms with Crippen LogP contribution in [0.2, 0.25) is 0 Å². The zero-order valence-electron chi connectivity index (χ0n) is 12.0. The molecule has 0 atom stereocenters. The summed E-state index contributed by atoms with van der Waals surface area (Å²) >= 11 is 0. The molecular weight excluding hydrogens is 236 g/mol. The van der Waals surface area contributed by atoms with Gasteiger partial charge in [0.25, 0.3) is 0 Å². The number of hydrogen-bond acceptors (Lipinski definition) is 3. The second kappa shape index (κ2) is 6.53. The number of pyridine rings is 1. The normalized spacial score (nSPS) is 10.9. The van der Waals surface area contributed by atoms with Gasteiger partial charge in [-0.15, -0.1) is 0 Å². The van der Waals surface area contributed by atoms with Crippen molar-refractivity contribution in [3.63, 3.8) is 0 Å². The highest BCUT2D eigenvalue weighted by Crippen LogP contribution is 2.25. The van der Waals surface area contributed by atoms with Gasteiger partial charge in [-0.2, -0.15) is 0 Å². The number of methoxy groups -OCH3 is 1. The Morgan fingerprint density at radius 3 is 2.74 bits per heavy atom. The molecule has 1 heterocycles. The molecule has 0 spiro atoms. The van der Waals surface area contributed by atoms with Gasteiger partial charge in [0.1, 0.15) is 0 Å². The average molecular weight is 258 g/mol. The summed E-state index contributed by atoms with van der Waals surface area (Å²) in [6, 6.07) is 8.58. The molecule has 0 unspecified atom stereocenters. The lowest BCUT2D eigenvalue weighted by molar-refractivity contribution is 0.182. The highest BCUT2D eigenvalue weighted by molar-refractivity contribution is 5.92. The first-order valence-electron chi connectivity index (χ1n) is 6.93. The Balaban J connectivity index is 2.50. The fourth-order valence-electron chi connectivity index (χ4n) is 2.18. The third-order valence-corrected chi connectivity index (χ3v) is 3.19. The van der Waals surface area contributed by atoms with Crippen LogP contribution >= 0.6 is 0 Å². The van der Waals surface area contributed by atoms with Gasteiger partial charge < -0.3 is 10.1 Å². The van der Waals surface area contributed by atoms with Crippen molar-refractivity contribution in [3.05, 3.63) is 35.5 Å². The topological polar surface area (TPSA) is 34.1 Å². The van der Waals surface area contributed by atoms with E-state index < -0.39 is 0 Å². The quantitative estimate of drug-likeness (QED) is 0.856. The van der Waals surface area contributed by atoms with Crippen LogP contribution in [0.15, 0.2) is 24.3 Å². The number of hydrogen-bond donors (Lipinski definition) is 1. The average Bonchev–Trinajstić information content (AvgIpc) is 2.44. The van der Waals surface area contributed by atoms with Gasteiger partial charge in [-0.25, -0.2) is 0 Å². The number of anilines is 1. The molecule has 0 aliphatic rings. The molecule has 1 aromatic carbocycles. The number of nitrogens with zero attached hydrogens (tertiary/aromatic N) is 1. The number of rotatable bonds is 6.